The molecule has 0 atom stereocenters. The highest BCUT2D eigenvalue weighted by Gasteiger charge is 2.22. The topological polar surface area (TPSA) is 86.7 Å². The molecule has 2 N–H and O–H groups in total. The van der Waals surface area contributed by atoms with E-state index >= 15 is 0 Å². The first-order valence-electron chi connectivity index (χ1n) is 5.07. The molecule has 1 aliphatic heterocycles. The molecular formula is C10H10ClN5O2. The van der Waals surface area contributed by atoms with Crippen molar-refractivity contribution in [2.45, 2.75) is 0 Å². The van der Waals surface area contributed by atoms with Crippen LogP contribution in [0.1, 0.15) is 0 Å². The molecule has 1 aliphatic rings. The quantitative estimate of drug-likeness (QED) is 0.784. The Balaban J connectivity index is 2.08. The normalized spacial score (nSPS) is 16.9. The molecule has 1 aromatic rings. The predicted molar refractivity (Wildman–Crippen MR) is 66.5 cm³/mol. The summed E-state index contributed by atoms with van der Waals surface area (Å²) in [5.74, 6) is 0.213. The zero-order chi connectivity index (χ0) is 13.1. The number of hydrogen-bond donors (Lipinski definition) is 2. The molecule has 7 nitrogen and oxygen atoms in total. The SMILES string of the molecule is CN1CC(=O)NC1=NC(=O)Nc1ncccc1Cl. The van der Waals surface area contributed by atoms with Gasteiger partial charge in [0.25, 0.3) is 0 Å². The van der Waals surface area contributed by atoms with Gasteiger partial charge in [0.1, 0.15) is 0 Å². The van der Waals surface area contributed by atoms with Crippen LogP contribution in [0.4, 0.5) is 10.6 Å². The first kappa shape index (κ1) is 12.3. The summed E-state index contributed by atoms with van der Waals surface area (Å²) >= 11 is 5.83. The van der Waals surface area contributed by atoms with Crippen LogP contribution >= 0.6 is 11.6 Å². The Morgan fingerprint density at radius 1 is 1.67 bits per heavy atom. The maximum Gasteiger partial charge on any atom is 0.349 e. The molecule has 0 radical (unpaired) electrons. The molecule has 0 saturated carbocycles. The lowest BCUT2D eigenvalue weighted by molar-refractivity contribution is -0.118. The molecule has 2 heterocycles. The fourth-order valence-corrected chi connectivity index (χ4v) is 1.54. The number of anilines is 1. The number of halogens is 1. The molecule has 18 heavy (non-hydrogen) atoms. The zero-order valence-electron chi connectivity index (χ0n) is 9.48. The molecule has 0 aromatic carbocycles. The minimum atomic E-state index is -0.653. The van der Waals surface area contributed by atoms with E-state index in [1.165, 1.54) is 11.1 Å². The van der Waals surface area contributed by atoms with Crippen molar-refractivity contribution in [2.24, 2.45) is 4.99 Å². The van der Waals surface area contributed by atoms with Crippen molar-refractivity contribution < 1.29 is 9.59 Å². The van der Waals surface area contributed by atoms with Gasteiger partial charge in [-0.25, -0.2) is 9.78 Å². The van der Waals surface area contributed by atoms with Crippen LogP contribution in [0, 0.1) is 0 Å². The number of likely N-dealkylation sites (N-methyl/N-ethyl adjacent to an activating group) is 1. The lowest BCUT2D eigenvalue weighted by Crippen LogP contribution is -2.29. The van der Waals surface area contributed by atoms with Gasteiger partial charge in [-0.05, 0) is 12.1 Å². The Hall–Kier alpha value is -2.15. The standard InChI is InChI=1S/C10H10ClN5O2/c1-16-5-7(17)13-9(16)15-10(18)14-8-6(11)3-2-4-12-8/h2-4H,5H2,1H3,(H2,12,13,14,15,17,18). The average Bonchev–Trinajstić information content (AvgIpc) is 2.61. The van der Waals surface area contributed by atoms with E-state index < -0.39 is 6.03 Å². The Kier molecular flexibility index (Phi) is 3.42. The van der Waals surface area contributed by atoms with Crippen molar-refractivity contribution >= 4 is 35.3 Å². The third-order valence-electron chi connectivity index (χ3n) is 2.18. The fraction of sp³-hybridized carbons (Fsp3) is 0.200. The van der Waals surface area contributed by atoms with Gasteiger partial charge in [-0.3, -0.25) is 15.4 Å². The molecule has 94 valence electrons. The van der Waals surface area contributed by atoms with Gasteiger partial charge in [0, 0.05) is 13.2 Å². The summed E-state index contributed by atoms with van der Waals surface area (Å²) in [7, 11) is 1.65. The second-order valence-electron chi connectivity index (χ2n) is 3.60. The van der Waals surface area contributed by atoms with Gasteiger partial charge in [-0.15, -0.1) is 0 Å². The molecular weight excluding hydrogens is 258 g/mol. The van der Waals surface area contributed by atoms with Gasteiger partial charge < -0.3 is 4.90 Å². The average molecular weight is 268 g/mol. The maximum absolute atomic E-state index is 11.6. The van der Waals surface area contributed by atoms with E-state index in [2.05, 4.69) is 20.6 Å². The Bertz CT molecular complexity index is 531. The van der Waals surface area contributed by atoms with Crippen LogP contribution in [0.25, 0.3) is 0 Å². The molecule has 1 saturated heterocycles. The number of urea groups is 1. The van der Waals surface area contributed by atoms with Crippen molar-refractivity contribution in [3.05, 3.63) is 23.4 Å². The Morgan fingerprint density at radius 3 is 3.06 bits per heavy atom. The summed E-state index contributed by atoms with van der Waals surface area (Å²) < 4.78 is 0. The first-order chi connectivity index (χ1) is 8.56. The van der Waals surface area contributed by atoms with Gasteiger partial charge in [0.2, 0.25) is 11.9 Å². The minimum absolute atomic E-state index is 0.177. The van der Waals surface area contributed by atoms with Crippen LogP contribution in [-0.4, -0.2) is 41.4 Å². The van der Waals surface area contributed by atoms with Crippen molar-refractivity contribution in [2.75, 3.05) is 18.9 Å². The van der Waals surface area contributed by atoms with Gasteiger partial charge in [0.05, 0.1) is 11.6 Å². The summed E-state index contributed by atoms with van der Waals surface area (Å²) in [4.78, 5) is 31.8. The second-order valence-corrected chi connectivity index (χ2v) is 4.01. The molecule has 0 spiro atoms. The first-order valence-corrected chi connectivity index (χ1v) is 5.45. The lowest BCUT2D eigenvalue weighted by Gasteiger charge is -2.08. The molecule has 0 unspecified atom stereocenters. The summed E-state index contributed by atoms with van der Waals surface area (Å²) in [5, 5.41) is 5.20. The van der Waals surface area contributed by atoms with E-state index in [1.54, 1.807) is 19.2 Å². The maximum atomic E-state index is 11.6. The number of guanidine groups is 1. The molecule has 1 fully saturated rings. The van der Waals surface area contributed by atoms with Crippen molar-refractivity contribution in [1.82, 2.24) is 15.2 Å². The monoisotopic (exact) mass is 267 g/mol. The van der Waals surface area contributed by atoms with Crippen LogP contribution in [0.15, 0.2) is 23.3 Å². The molecule has 1 aromatic heterocycles. The number of hydrogen-bond acceptors (Lipinski definition) is 3. The second kappa shape index (κ2) is 5.01. The lowest BCUT2D eigenvalue weighted by atomic mass is 10.4. The number of amides is 3. The van der Waals surface area contributed by atoms with Crippen LogP contribution in [0.3, 0.4) is 0 Å². The van der Waals surface area contributed by atoms with E-state index in [9.17, 15) is 9.59 Å². The smallest absolute Gasteiger partial charge is 0.336 e. The number of rotatable bonds is 1. The number of carbonyl (C=O) groups is 2. The summed E-state index contributed by atoms with van der Waals surface area (Å²) in [5.41, 5.74) is 0. The zero-order valence-corrected chi connectivity index (χ0v) is 10.2. The Labute approximate surface area is 108 Å². The number of carbonyl (C=O) groups excluding carboxylic acids is 2. The van der Waals surface area contributed by atoms with E-state index in [1.807, 2.05) is 0 Å². The number of nitrogens with one attached hydrogen (secondary N) is 2. The van der Waals surface area contributed by atoms with Crippen LogP contribution < -0.4 is 10.6 Å². The van der Waals surface area contributed by atoms with Gasteiger partial charge in [0.15, 0.2) is 5.82 Å². The largest absolute Gasteiger partial charge is 0.349 e. The molecule has 8 heteroatoms. The third kappa shape index (κ3) is 2.75. The highest BCUT2D eigenvalue weighted by atomic mass is 35.5. The van der Waals surface area contributed by atoms with E-state index in [-0.39, 0.29) is 24.2 Å². The fourth-order valence-electron chi connectivity index (χ4n) is 1.37. The number of aromatic nitrogens is 1. The molecule has 0 bridgehead atoms. The number of nitrogens with zero attached hydrogens (tertiary/aromatic N) is 3. The van der Waals surface area contributed by atoms with E-state index in [4.69, 9.17) is 11.6 Å². The van der Waals surface area contributed by atoms with E-state index in [0.717, 1.165) is 0 Å². The van der Waals surface area contributed by atoms with Crippen molar-refractivity contribution in [1.29, 1.82) is 0 Å². The van der Waals surface area contributed by atoms with Gasteiger partial charge in [-0.2, -0.15) is 4.99 Å². The third-order valence-corrected chi connectivity index (χ3v) is 2.49. The molecule has 3 amide bonds. The van der Waals surface area contributed by atoms with E-state index in [0.29, 0.717) is 5.02 Å². The highest BCUT2D eigenvalue weighted by molar-refractivity contribution is 6.33. The Morgan fingerprint density at radius 2 is 2.44 bits per heavy atom. The van der Waals surface area contributed by atoms with Gasteiger partial charge in [-0.1, -0.05) is 11.6 Å². The number of aliphatic imine (C=N–C) groups is 1. The van der Waals surface area contributed by atoms with Crippen molar-refractivity contribution in [3.63, 3.8) is 0 Å². The molecule has 2 rings (SSSR count). The summed E-state index contributed by atoms with van der Waals surface area (Å²) in [6, 6.07) is 2.59. The summed E-state index contributed by atoms with van der Waals surface area (Å²) in [6.07, 6.45) is 1.50. The molecule has 0 aliphatic carbocycles. The number of pyridine rings is 1. The van der Waals surface area contributed by atoms with Gasteiger partial charge >= 0.3 is 6.03 Å². The van der Waals surface area contributed by atoms with Crippen LogP contribution in [-0.2, 0) is 4.79 Å². The van der Waals surface area contributed by atoms with Crippen LogP contribution in [0.5, 0.6) is 0 Å². The minimum Gasteiger partial charge on any atom is -0.336 e. The predicted octanol–water partition coefficient (Wildman–Crippen LogP) is 0.684. The highest BCUT2D eigenvalue weighted by Crippen LogP contribution is 2.17. The van der Waals surface area contributed by atoms with Crippen LogP contribution in [0.2, 0.25) is 5.02 Å². The van der Waals surface area contributed by atoms with Crippen molar-refractivity contribution in [3.8, 4) is 0 Å². The summed E-state index contributed by atoms with van der Waals surface area (Å²) in [6.45, 7) is 0.177.